The van der Waals surface area contributed by atoms with Gasteiger partial charge in [0.2, 0.25) is 0 Å². The lowest BCUT2D eigenvalue weighted by atomic mass is 10.1. The second-order valence-corrected chi connectivity index (χ2v) is 3.16. The van der Waals surface area contributed by atoms with E-state index in [0.29, 0.717) is 5.92 Å². The third kappa shape index (κ3) is 1.07. The van der Waals surface area contributed by atoms with Crippen LogP contribution in [-0.4, -0.2) is 15.0 Å². The number of hydrogen-bond acceptors (Lipinski definition) is 2. The molecular formula is C9H11N3. The van der Waals surface area contributed by atoms with E-state index in [1.165, 1.54) is 0 Å². The molecule has 2 aromatic rings. The third-order valence-electron chi connectivity index (χ3n) is 1.89. The highest BCUT2D eigenvalue weighted by Crippen LogP contribution is 2.14. The summed E-state index contributed by atoms with van der Waals surface area (Å²) in [6, 6.07) is 4.02. The van der Waals surface area contributed by atoms with Gasteiger partial charge in [-0.2, -0.15) is 0 Å². The predicted octanol–water partition coefficient (Wildman–Crippen LogP) is 2.08. The SMILES string of the molecule is CC(C)c1ccc2nc[nH]c2n1. The summed E-state index contributed by atoms with van der Waals surface area (Å²) < 4.78 is 0. The molecule has 62 valence electrons. The average Bonchev–Trinajstić information content (AvgIpc) is 2.49. The highest BCUT2D eigenvalue weighted by atomic mass is 15.0. The number of H-pyrrole nitrogens is 1. The minimum absolute atomic E-state index is 0.470. The highest BCUT2D eigenvalue weighted by molar-refractivity contribution is 5.69. The molecule has 1 N–H and O–H groups in total. The van der Waals surface area contributed by atoms with Crippen molar-refractivity contribution in [2.75, 3.05) is 0 Å². The van der Waals surface area contributed by atoms with Crippen molar-refractivity contribution in [2.45, 2.75) is 19.8 Å². The second kappa shape index (κ2) is 2.59. The maximum atomic E-state index is 4.42. The van der Waals surface area contributed by atoms with E-state index in [4.69, 9.17) is 0 Å². The Morgan fingerprint density at radius 3 is 2.92 bits per heavy atom. The first-order chi connectivity index (χ1) is 5.77. The van der Waals surface area contributed by atoms with Crippen molar-refractivity contribution >= 4 is 11.2 Å². The van der Waals surface area contributed by atoms with Gasteiger partial charge in [-0.15, -0.1) is 0 Å². The molecule has 0 spiro atoms. The summed E-state index contributed by atoms with van der Waals surface area (Å²) in [7, 11) is 0. The molecule has 0 saturated carbocycles. The Labute approximate surface area is 70.9 Å². The molecule has 0 aliphatic carbocycles. The number of hydrogen-bond donors (Lipinski definition) is 1. The van der Waals surface area contributed by atoms with Gasteiger partial charge in [0.1, 0.15) is 5.52 Å². The lowest BCUT2D eigenvalue weighted by Gasteiger charge is -2.01. The molecule has 0 aliphatic rings. The Bertz CT molecular complexity index is 389. The standard InChI is InChI=1S/C9H11N3/c1-6(2)7-3-4-8-9(12-7)11-5-10-8/h3-6H,1-2H3,(H,10,11,12). The van der Waals surface area contributed by atoms with Crippen LogP contribution in [0.4, 0.5) is 0 Å². The van der Waals surface area contributed by atoms with Crippen LogP contribution in [0.5, 0.6) is 0 Å². The first-order valence-corrected chi connectivity index (χ1v) is 4.07. The van der Waals surface area contributed by atoms with E-state index in [2.05, 4.69) is 28.8 Å². The van der Waals surface area contributed by atoms with Crippen molar-refractivity contribution in [3.8, 4) is 0 Å². The lowest BCUT2D eigenvalue weighted by Crippen LogP contribution is -1.91. The molecule has 2 heterocycles. The molecule has 0 aromatic carbocycles. The van der Waals surface area contributed by atoms with Crippen molar-refractivity contribution in [3.63, 3.8) is 0 Å². The van der Waals surface area contributed by atoms with Crippen LogP contribution in [-0.2, 0) is 0 Å². The van der Waals surface area contributed by atoms with Crippen LogP contribution in [0, 0.1) is 0 Å². The number of pyridine rings is 1. The summed E-state index contributed by atoms with van der Waals surface area (Å²) in [4.78, 5) is 11.5. The van der Waals surface area contributed by atoms with E-state index in [1.54, 1.807) is 6.33 Å². The smallest absolute Gasteiger partial charge is 0.157 e. The van der Waals surface area contributed by atoms with E-state index in [9.17, 15) is 0 Å². The summed E-state index contributed by atoms with van der Waals surface area (Å²) in [5, 5.41) is 0. The minimum atomic E-state index is 0.470. The topological polar surface area (TPSA) is 41.6 Å². The van der Waals surface area contributed by atoms with Crippen LogP contribution in [0.2, 0.25) is 0 Å². The zero-order valence-electron chi connectivity index (χ0n) is 7.20. The van der Waals surface area contributed by atoms with Crippen molar-refractivity contribution in [1.29, 1.82) is 0 Å². The summed E-state index contributed by atoms with van der Waals surface area (Å²) in [6.45, 7) is 4.26. The molecule has 0 fully saturated rings. The molecule has 3 nitrogen and oxygen atoms in total. The van der Waals surface area contributed by atoms with Gasteiger partial charge in [-0.1, -0.05) is 13.8 Å². The lowest BCUT2D eigenvalue weighted by molar-refractivity contribution is 0.828. The number of imidazole rings is 1. The molecule has 0 amide bonds. The number of nitrogens with zero attached hydrogens (tertiary/aromatic N) is 2. The Balaban J connectivity index is 2.60. The van der Waals surface area contributed by atoms with Crippen LogP contribution in [0.1, 0.15) is 25.5 Å². The molecule has 3 heteroatoms. The number of aromatic amines is 1. The average molecular weight is 161 g/mol. The van der Waals surface area contributed by atoms with Crippen LogP contribution in [0.25, 0.3) is 11.2 Å². The summed E-state index contributed by atoms with van der Waals surface area (Å²) in [6.07, 6.45) is 1.67. The fraction of sp³-hybridized carbons (Fsp3) is 0.333. The van der Waals surface area contributed by atoms with Crippen molar-refractivity contribution < 1.29 is 0 Å². The van der Waals surface area contributed by atoms with E-state index in [1.807, 2.05) is 12.1 Å². The molecule has 2 aromatic heterocycles. The van der Waals surface area contributed by atoms with Crippen LogP contribution in [0.3, 0.4) is 0 Å². The number of nitrogens with one attached hydrogen (secondary N) is 1. The van der Waals surface area contributed by atoms with Gasteiger partial charge in [0.15, 0.2) is 5.65 Å². The van der Waals surface area contributed by atoms with Gasteiger partial charge >= 0.3 is 0 Å². The quantitative estimate of drug-likeness (QED) is 0.695. The van der Waals surface area contributed by atoms with Gasteiger partial charge in [0.25, 0.3) is 0 Å². The van der Waals surface area contributed by atoms with E-state index in [-0.39, 0.29) is 0 Å². The Hall–Kier alpha value is -1.38. The molecule has 0 aliphatic heterocycles. The zero-order valence-corrected chi connectivity index (χ0v) is 7.20. The molecule has 0 radical (unpaired) electrons. The molecule has 0 unspecified atom stereocenters. The minimum Gasteiger partial charge on any atom is -0.329 e. The first-order valence-electron chi connectivity index (χ1n) is 4.07. The van der Waals surface area contributed by atoms with E-state index in [0.717, 1.165) is 16.9 Å². The molecular weight excluding hydrogens is 150 g/mol. The zero-order chi connectivity index (χ0) is 8.55. The first kappa shape index (κ1) is 7.28. The predicted molar refractivity (Wildman–Crippen MR) is 48.0 cm³/mol. The Kier molecular flexibility index (Phi) is 1.57. The highest BCUT2D eigenvalue weighted by Gasteiger charge is 2.02. The molecule has 0 bridgehead atoms. The summed E-state index contributed by atoms with van der Waals surface area (Å²) >= 11 is 0. The van der Waals surface area contributed by atoms with Crippen LogP contribution < -0.4 is 0 Å². The fourth-order valence-electron chi connectivity index (χ4n) is 1.16. The van der Waals surface area contributed by atoms with Crippen molar-refractivity contribution in [2.24, 2.45) is 0 Å². The maximum absolute atomic E-state index is 4.42. The Morgan fingerprint density at radius 2 is 2.17 bits per heavy atom. The van der Waals surface area contributed by atoms with Gasteiger partial charge in [-0.25, -0.2) is 9.97 Å². The van der Waals surface area contributed by atoms with Crippen LogP contribution >= 0.6 is 0 Å². The summed E-state index contributed by atoms with van der Waals surface area (Å²) in [5.41, 5.74) is 2.91. The van der Waals surface area contributed by atoms with Crippen molar-refractivity contribution in [1.82, 2.24) is 15.0 Å². The number of rotatable bonds is 1. The molecule has 12 heavy (non-hydrogen) atoms. The number of fused-ring (bicyclic) bond motifs is 1. The normalized spacial score (nSPS) is 11.2. The van der Waals surface area contributed by atoms with Gasteiger partial charge in [-0.05, 0) is 18.1 Å². The Morgan fingerprint density at radius 1 is 1.33 bits per heavy atom. The van der Waals surface area contributed by atoms with Crippen LogP contribution in [0.15, 0.2) is 18.5 Å². The van der Waals surface area contributed by atoms with E-state index < -0.39 is 0 Å². The number of aromatic nitrogens is 3. The third-order valence-corrected chi connectivity index (χ3v) is 1.89. The van der Waals surface area contributed by atoms with Gasteiger partial charge in [-0.3, -0.25) is 0 Å². The van der Waals surface area contributed by atoms with Gasteiger partial charge in [0.05, 0.1) is 6.33 Å². The molecule has 2 rings (SSSR count). The van der Waals surface area contributed by atoms with Gasteiger partial charge in [0, 0.05) is 5.69 Å². The summed E-state index contributed by atoms with van der Waals surface area (Å²) in [5.74, 6) is 0.470. The van der Waals surface area contributed by atoms with Gasteiger partial charge < -0.3 is 4.98 Å². The van der Waals surface area contributed by atoms with E-state index >= 15 is 0 Å². The monoisotopic (exact) mass is 161 g/mol. The second-order valence-electron chi connectivity index (χ2n) is 3.16. The maximum Gasteiger partial charge on any atom is 0.157 e. The molecule has 0 atom stereocenters. The largest absolute Gasteiger partial charge is 0.329 e. The molecule has 0 saturated heterocycles. The van der Waals surface area contributed by atoms with Crippen molar-refractivity contribution in [3.05, 3.63) is 24.2 Å². The fourth-order valence-corrected chi connectivity index (χ4v) is 1.16.